The van der Waals surface area contributed by atoms with Gasteiger partial charge in [-0.3, -0.25) is 0 Å². The fourth-order valence-corrected chi connectivity index (χ4v) is 1.41. The van der Waals surface area contributed by atoms with E-state index in [0.29, 0.717) is 0 Å². The maximum atomic E-state index is 5.10. The van der Waals surface area contributed by atoms with Crippen molar-refractivity contribution < 1.29 is 4.74 Å². The molecular formula is C12H14N2O. The third-order valence-electron chi connectivity index (χ3n) is 2.48. The van der Waals surface area contributed by atoms with Crippen LogP contribution in [0.4, 0.5) is 0 Å². The van der Waals surface area contributed by atoms with E-state index in [-0.39, 0.29) is 0 Å². The molecule has 0 aliphatic rings. The fraction of sp³-hybridized carbons (Fsp3) is 0.250. The second-order valence-corrected chi connectivity index (χ2v) is 3.54. The quantitative estimate of drug-likeness (QED) is 0.748. The standard InChI is InChI=1S/C12H14N2O/c1-9-8-14(13-10(9)2)11-4-6-12(15-3)7-5-11/h4-8H,1-3H3. The lowest BCUT2D eigenvalue weighted by molar-refractivity contribution is 0.414. The smallest absolute Gasteiger partial charge is 0.119 e. The molecule has 0 amide bonds. The predicted molar refractivity (Wildman–Crippen MR) is 59.6 cm³/mol. The predicted octanol–water partition coefficient (Wildman–Crippen LogP) is 2.50. The summed E-state index contributed by atoms with van der Waals surface area (Å²) < 4.78 is 6.98. The van der Waals surface area contributed by atoms with E-state index in [0.717, 1.165) is 17.1 Å². The molecule has 2 aromatic rings. The number of hydrogen-bond acceptors (Lipinski definition) is 2. The summed E-state index contributed by atoms with van der Waals surface area (Å²) in [4.78, 5) is 0. The van der Waals surface area contributed by atoms with Crippen LogP contribution >= 0.6 is 0 Å². The SMILES string of the molecule is COc1ccc(-n2cc(C)c(C)n2)cc1. The Kier molecular flexibility index (Phi) is 2.46. The first-order chi connectivity index (χ1) is 7.20. The Morgan fingerprint density at radius 1 is 1.13 bits per heavy atom. The lowest BCUT2D eigenvalue weighted by Gasteiger charge is -2.02. The van der Waals surface area contributed by atoms with Crippen LogP contribution in [0.2, 0.25) is 0 Å². The maximum absolute atomic E-state index is 5.10. The molecule has 0 bridgehead atoms. The van der Waals surface area contributed by atoms with Crippen LogP contribution < -0.4 is 4.74 Å². The molecule has 0 aliphatic heterocycles. The van der Waals surface area contributed by atoms with E-state index in [1.165, 1.54) is 5.56 Å². The van der Waals surface area contributed by atoms with Crippen molar-refractivity contribution in [2.75, 3.05) is 7.11 Å². The Bertz CT molecular complexity index is 437. The van der Waals surface area contributed by atoms with Gasteiger partial charge in [-0.05, 0) is 43.7 Å². The summed E-state index contributed by atoms with van der Waals surface area (Å²) in [7, 11) is 1.66. The van der Waals surface area contributed by atoms with Crippen molar-refractivity contribution in [3.8, 4) is 11.4 Å². The van der Waals surface area contributed by atoms with E-state index < -0.39 is 0 Å². The Morgan fingerprint density at radius 2 is 1.80 bits per heavy atom. The van der Waals surface area contributed by atoms with E-state index in [1.807, 2.05) is 42.1 Å². The van der Waals surface area contributed by atoms with Crippen LogP contribution in [-0.2, 0) is 0 Å². The number of aromatic nitrogens is 2. The van der Waals surface area contributed by atoms with Gasteiger partial charge in [0.1, 0.15) is 5.75 Å². The van der Waals surface area contributed by atoms with Gasteiger partial charge < -0.3 is 4.74 Å². The molecule has 78 valence electrons. The first-order valence-corrected chi connectivity index (χ1v) is 4.88. The summed E-state index contributed by atoms with van der Waals surface area (Å²) >= 11 is 0. The zero-order valence-corrected chi connectivity index (χ0v) is 9.19. The molecule has 3 nitrogen and oxygen atoms in total. The third kappa shape index (κ3) is 1.86. The van der Waals surface area contributed by atoms with E-state index in [9.17, 15) is 0 Å². The van der Waals surface area contributed by atoms with Crippen LogP contribution in [0, 0.1) is 13.8 Å². The van der Waals surface area contributed by atoms with Crippen molar-refractivity contribution in [1.82, 2.24) is 9.78 Å². The number of hydrogen-bond donors (Lipinski definition) is 0. The summed E-state index contributed by atoms with van der Waals surface area (Å²) in [6.45, 7) is 4.07. The topological polar surface area (TPSA) is 27.1 Å². The van der Waals surface area contributed by atoms with Gasteiger partial charge in [0.2, 0.25) is 0 Å². The zero-order valence-electron chi connectivity index (χ0n) is 9.19. The lowest BCUT2D eigenvalue weighted by Crippen LogP contribution is -1.94. The Morgan fingerprint density at radius 3 is 2.27 bits per heavy atom. The van der Waals surface area contributed by atoms with Gasteiger partial charge in [0.15, 0.2) is 0 Å². The summed E-state index contributed by atoms with van der Waals surface area (Å²) in [5.41, 5.74) is 3.31. The van der Waals surface area contributed by atoms with E-state index in [1.54, 1.807) is 7.11 Å². The summed E-state index contributed by atoms with van der Waals surface area (Å²) in [5, 5.41) is 4.41. The number of ether oxygens (including phenoxy) is 1. The van der Waals surface area contributed by atoms with E-state index in [2.05, 4.69) is 12.0 Å². The highest BCUT2D eigenvalue weighted by Crippen LogP contribution is 2.15. The molecule has 1 aromatic carbocycles. The summed E-state index contributed by atoms with van der Waals surface area (Å²) in [5.74, 6) is 0.861. The molecule has 3 heteroatoms. The van der Waals surface area contributed by atoms with Crippen LogP contribution in [-0.4, -0.2) is 16.9 Å². The monoisotopic (exact) mass is 202 g/mol. The molecule has 0 radical (unpaired) electrons. The largest absolute Gasteiger partial charge is 0.497 e. The Labute approximate surface area is 89.3 Å². The van der Waals surface area contributed by atoms with Crippen molar-refractivity contribution in [3.63, 3.8) is 0 Å². The molecule has 0 spiro atoms. The minimum atomic E-state index is 0.861. The molecule has 0 unspecified atom stereocenters. The van der Waals surface area contributed by atoms with Crippen molar-refractivity contribution in [1.29, 1.82) is 0 Å². The van der Waals surface area contributed by atoms with Gasteiger partial charge in [0.25, 0.3) is 0 Å². The van der Waals surface area contributed by atoms with Crippen LogP contribution in [0.15, 0.2) is 30.5 Å². The van der Waals surface area contributed by atoms with Crippen LogP contribution in [0.1, 0.15) is 11.3 Å². The first kappa shape index (κ1) is 9.77. The molecule has 1 aromatic heterocycles. The molecule has 1 heterocycles. The van der Waals surface area contributed by atoms with Crippen molar-refractivity contribution in [3.05, 3.63) is 41.7 Å². The highest BCUT2D eigenvalue weighted by molar-refractivity contribution is 5.37. The summed E-state index contributed by atoms with van der Waals surface area (Å²) in [6, 6.07) is 7.85. The molecule has 0 saturated carbocycles. The van der Waals surface area contributed by atoms with Crippen LogP contribution in [0.5, 0.6) is 5.75 Å². The Balaban J connectivity index is 2.37. The second-order valence-electron chi connectivity index (χ2n) is 3.54. The molecule has 0 atom stereocenters. The number of rotatable bonds is 2. The normalized spacial score (nSPS) is 10.3. The fourth-order valence-electron chi connectivity index (χ4n) is 1.41. The number of methoxy groups -OCH3 is 1. The number of benzene rings is 1. The van der Waals surface area contributed by atoms with Crippen LogP contribution in [0.25, 0.3) is 5.69 Å². The van der Waals surface area contributed by atoms with Gasteiger partial charge in [0.05, 0.1) is 18.5 Å². The van der Waals surface area contributed by atoms with E-state index >= 15 is 0 Å². The van der Waals surface area contributed by atoms with Gasteiger partial charge in [0, 0.05) is 6.20 Å². The van der Waals surface area contributed by atoms with E-state index in [4.69, 9.17) is 4.74 Å². The highest BCUT2D eigenvalue weighted by Gasteiger charge is 2.01. The minimum Gasteiger partial charge on any atom is -0.497 e. The van der Waals surface area contributed by atoms with Gasteiger partial charge in [-0.15, -0.1) is 0 Å². The molecular weight excluding hydrogens is 188 g/mol. The van der Waals surface area contributed by atoms with Crippen molar-refractivity contribution in [2.45, 2.75) is 13.8 Å². The molecule has 0 N–H and O–H groups in total. The van der Waals surface area contributed by atoms with Gasteiger partial charge in [-0.1, -0.05) is 0 Å². The van der Waals surface area contributed by atoms with Gasteiger partial charge in [-0.25, -0.2) is 4.68 Å². The van der Waals surface area contributed by atoms with Crippen molar-refractivity contribution in [2.24, 2.45) is 0 Å². The molecule has 0 fully saturated rings. The Hall–Kier alpha value is -1.77. The average Bonchev–Trinajstić information content (AvgIpc) is 2.59. The van der Waals surface area contributed by atoms with Crippen molar-refractivity contribution >= 4 is 0 Å². The third-order valence-corrected chi connectivity index (χ3v) is 2.48. The minimum absolute atomic E-state index is 0.861. The van der Waals surface area contributed by atoms with Gasteiger partial charge >= 0.3 is 0 Å². The van der Waals surface area contributed by atoms with Crippen LogP contribution in [0.3, 0.4) is 0 Å². The molecule has 0 saturated heterocycles. The lowest BCUT2D eigenvalue weighted by atomic mass is 10.3. The molecule has 0 aliphatic carbocycles. The highest BCUT2D eigenvalue weighted by atomic mass is 16.5. The average molecular weight is 202 g/mol. The molecule has 2 rings (SSSR count). The second kappa shape index (κ2) is 3.77. The number of nitrogens with zero attached hydrogens (tertiary/aromatic N) is 2. The first-order valence-electron chi connectivity index (χ1n) is 4.88. The van der Waals surface area contributed by atoms with Gasteiger partial charge in [-0.2, -0.15) is 5.10 Å². The zero-order chi connectivity index (χ0) is 10.8. The maximum Gasteiger partial charge on any atom is 0.119 e. The number of aryl methyl sites for hydroxylation is 2. The summed E-state index contributed by atoms with van der Waals surface area (Å²) in [6.07, 6.45) is 2.02. The molecule has 15 heavy (non-hydrogen) atoms.